The van der Waals surface area contributed by atoms with E-state index >= 15 is 0 Å². The molecule has 0 unspecified atom stereocenters. The van der Waals surface area contributed by atoms with Crippen molar-refractivity contribution in [2.24, 2.45) is 11.8 Å². The third-order valence-electron chi connectivity index (χ3n) is 5.26. The summed E-state index contributed by atoms with van der Waals surface area (Å²) in [5, 5.41) is 39.4. The van der Waals surface area contributed by atoms with E-state index in [0.29, 0.717) is 32.1 Å². The number of carboxylic acids is 1. The molecule has 1 aromatic heterocycles. The van der Waals surface area contributed by atoms with E-state index in [4.69, 9.17) is 5.11 Å². The van der Waals surface area contributed by atoms with Crippen LogP contribution in [-0.4, -0.2) is 49.7 Å². The molecule has 0 saturated heterocycles. The maximum absolute atomic E-state index is 10.5. The number of carboxylic acid groups (broad SMARTS) is 1. The highest BCUT2D eigenvalue weighted by molar-refractivity contribution is 5.66. The number of nitrogens with zero attached hydrogens (tertiary/aromatic N) is 1. The number of aliphatic carboxylic acids is 1. The van der Waals surface area contributed by atoms with Crippen molar-refractivity contribution >= 4 is 5.97 Å². The number of aliphatic hydroxyl groups excluding tert-OH is 3. The molecule has 1 fully saturated rings. The predicted octanol–water partition coefficient (Wildman–Crippen LogP) is 2.49. The van der Waals surface area contributed by atoms with Crippen LogP contribution < -0.4 is 0 Å². The average Bonchev–Trinajstić information content (AvgIpc) is 2.94. The third-order valence-corrected chi connectivity index (χ3v) is 5.26. The molecule has 1 heterocycles. The topological polar surface area (TPSA) is 111 Å². The molecular weight excluding hydrogens is 358 g/mol. The number of rotatable bonds is 11. The third kappa shape index (κ3) is 7.54. The van der Waals surface area contributed by atoms with Crippen molar-refractivity contribution in [2.45, 2.75) is 63.3 Å². The smallest absolute Gasteiger partial charge is 0.303 e. The molecule has 6 heteroatoms. The summed E-state index contributed by atoms with van der Waals surface area (Å²) in [6.45, 7) is 0. The van der Waals surface area contributed by atoms with Gasteiger partial charge in [-0.2, -0.15) is 0 Å². The van der Waals surface area contributed by atoms with E-state index in [1.165, 1.54) is 0 Å². The zero-order valence-corrected chi connectivity index (χ0v) is 16.1. The number of hydrogen-bond donors (Lipinski definition) is 4. The summed E-state index contributed by atoms with van der Waals surface area (Å²) in [5.74, 6) is -1.10. The summed E-state index contributed by atoms with van der Waals surface area (Å²) >= 11 is 0. The Morgan fingerprint density at radius 3 is 2.82 bits per heavy atom. The van der Waals surface area contributed by atoms with Gasteiger partial charge in [-0.3, -0.25) is 9.78 Å². The molecule has 1 aliphatic rings. The van der Waals surface area contributed by atoms with Gasteiger partial charge in [0, 0.05) is 31.2 Å². The van der Waals surface area contributed by atoms with E-state index in [-0.39, 0.29) is 18.3 Å². The van der Waals surface area contributed by atoms with Crippen LogP contribution in [-0.2, 0) is 11.2 Å². The molecule has 28 heavy (non-hydrogen) atoms. The second-order valence-electron chi connectivity index (χ2n) is 7.46. The number of carbonyl (C=O) groups is 1. The van der Waals surface area contributed by atoms with E-state index in [0.717, 1.165) is 12.0 Å². The maximum atomic E-state index is 10.5. The number of aliphatic hydroxyl groups is 3. The molecule has 1 saturated carbocycles. The Kier molecular flexibility index (Phi) is 9.34. The van der Waals surface area contributed by atoms with Gasteiger partial charge in [0.15, 0.2) is 0 Å². The Hall–Kier alpha value is -2.02. The van der Waals surface area contributed by atoms with Gasteiger partial charge in [0.25, 0.3) is 0 Å². The summed E-state index contributed by atoms with van der Waals surface area (Å²) in [5.41, 5.74) is 1.07. The van der Waals surface area contributed by atoms with Crippen molar-refractivity contribution < 1.29 is 25.2 Å². The molecule has 2 rings (SSSR count). The molecule has 5 atom stereocenters. The number of unbranched alkanes of at least 4 members (excludes halogenated alkanes) is 1. The predicted molar refractivity (Wildman–Crippen MR) is 107 cm³/mol. The first kappa shape index (κ1) is 22.3. The summed E-state index contributed by atoms with van der Waals surface area (Å²) in [6.07, 6.45) is 12.8. The largest absolute Gasteiger partial charge is 0.481 e. The number of hydrogen-bond acceptors (Lipinski definition) is 5. The van der Waals surface area contributed by atoms with Crippen LogP contribution in [0.5, 0.6) is 0 Å². The Morgan fingerprint density at radius 1 is 1.29 bits per heavy atom. The van der Waals surface area contributed by atoms with Crippen LogP contribution in [0.2, 0.25) is 0 Å². The Balaban J connectivity index is 1.82. The van der Waals surface area contributed by atoms with Crippen molar-refractivity contribution in [1.29, 1.82) is 0 Å². The molecule has 0 bridgehead atoms. The minimum Gasteiger partial charge on any atom is -0.481 e. The fraction of sp³-hybridized carbons (Fsp3) is 0.545. The Bertz CT molecular complexity index is 646. The van der Waals surface area contributed by atoms with Gasteiger partial charge in [0.05, 0.1) is 18.3 Å². The first-order chi connectivity index (χ1) is 13.5. The number of pyridine rings is 1. The van der Waals surface area contributed by atoms with Gasteiger partial charge in [-0.25, -0.2) is 0 Å². The minimum atomic E-state index is -0.796. The monoisotopic (exact) mass is 389 g/mol. The first-order valence-corrected chi connectivity index (χ1v) is 9.95. The lowest BCUT2D eigenvalue weighted by molar-refractivity contribution is -0.137. The standard InChI is InChI=1S/C22H31NO5/c24-17(10-9-16-6-5-13-23-15-16)11-12-19-18(20(25)14-21(19)26)7-3-1-2-4-8-22(27)28/h1,3,5-6,11-13,15,17-21,24-26H,2,4,7-10,14H2,(H,27,28)/b3-1-,12-11+/t17-,18+,19+,20-,21+/m0/s1. The highest BCUT2D eigenvalue weighted by atomic mass is 16.4. The van der Waals surface area contributed by atoms with Crippen LogP contribution in [0.15, 0.2) is 48.8 Å². The molecule has 0 aromatic carbocycles. The van der Waals surface area contributed by atoms with Crippen molar-refractivity contribution in [3.05, 3.63) is 54.4 Å². The van der Waals surface area contributed by atoms with E-state index < -0.39 is 24.3 Å². The molecule has 154 valence electrons. The lowest BCUT2D eigenvalue weighted by atomic mass is 9.89. The molecule has 4 N–H and O–H groups in total. The van der Waals surface area contributed by atoms with Crippen molar-refractivity contribution in [3.63, 3.8) is 0 Å². The first-order valence-electron chi connectivity index (χ1n) is 9.95. The molecule has 0 amide bonds. The average molecular weight is 389 g/mol. The second-order valence-corrected chi connectivity index (χ2v) is 7.46. The molecule has 1 aliphatic carbocycles. The van der Waals surface area contributed by atoms with E-state index in [9.17, 15) is 20.1 Å². The van der Waals surface area contributed by atoms with E-state index in [1.807, 2.05) is 30.4 Å². The van der Waals surface area contributed by atoms with Crippen molar-refractivity contribution in [2.75, 3.05) is 0 Å². The SMILES string of the molecule is O=C(O)CCC/C=C\C[C@@H]1[C@@H](/C=C/[C@@H](O)CCc2cccnc2)[C@H](O)C[C@@H]1O. The Labute approximate surface area is 166 Å². The maximum Gasteiger partial charge on any atom is 0.303 e. The van der Waals surface area contributed by atoms with Gasteiger partial charge >= 0.3 is 5.97 Å². The second kappa shape index (κ2) is 11.7. The summed E-state index contributed by atoms with van der Waals surface area (Å²) < 4.78 is 0. The molecule has 0 spiro atoms. The van der Waals surface area contributed by atoms with Gasteiger partial charge in [-0.1, -0.05) is 30.4 Å². The fourth-order valence-corrected chi connectivity index (χ4v) is 3.66. The summed E-state index contributed by atoms with van der Waals surface area (Å²) in [4.78, 5) is 14.6. The van der Waals surface area contributed by atoms with Crippen molar-refractivity contribution in [3.8, 4) is 0 Å². The van der Waals surface area contributed by atoms with Gasteiger partial charge in [-0.05, 0) is 49.7 Å². The van der Waals surface area contributed by atoms with Crippen LogP contribution in [0.1, 0.15) is 44.1 Å². The number of aromatic nitrogens is 1. The lowest BCUT2D eigenvalue weighted by Gasteiger charge is -2.19. The molecule has 0 radical (unpaired) electrons. The van der Waals surface area contributed by atoms with Gasteiger partial charge in [-0.15, -0.1) is 0 Å². The summed E-state index contributed by atoms with van der Waals surface area (Å²) in [6, 6.07) is 3.84. The quantitative estimate of drug-likeness (QED) is 0.342. The molecule has 1 aromatic rings. The minimum absolute atomic E-state index is 0.104. The molecule has 0 aliphatic heterocycles. The highest BCUT2D eigenvalue weighted by Crippen LogP contribution is 2.36. The normalized spacial score (nSPS) is 26.2. The van der Waals surface area contributed by atoms with Gasteiger partial charge in [0.1, 0.15) is 0 Å². The van der Waals surface area contributed by atoms with E-state index in [2.05, 4.69) is 4.98 Å². The van der Waals surface area contributed by atoms with Gasteiger partial charge in [0.2, 0.25) is 0 Å². The molecule has 6 nitrogen and oxygen atoms in total. The number of allylic oxidation sites excluding steroid dienone is 2. The fourth-order valence-electron chi connectivity index (χ4n) is 3.66. The van der Waals surface area contributed by atoms with Gasteiger partial charge < -0.3 is 20.4 Å². The Morgan fingerprint density at radius 2 is 2.11 bits per heavy atom. The van der Waals surface area contributed by atoms with Crippen molar-refractivity contribution in [1.82, 2.24) is 4.98 Å². The zero-order valence-electron chi connectivity index (χ0n) is 16.1. The van der Waals surface area contributed by atoms with Crippen LogP contribution >= 0.6 is 0 Å². The van der Waals surface area contributed by atoms with Crippen LogP contribution in [0.4, 0.5) is 0 Å². The van der Waals surface area contributed by atoms with Crippen LogP contribution in [0, 0.1) is 11.8 Å². The lowest BCUT2D eigenvalue weighted by Crippen LogP contribution is -2.20. The molecular formula is C22H31NO5. The zero-order chi connectivity index (χ0) is 20.4. The van der Waals surface area contributed by atoms with Crippen LogP contribution in [0.3, 0.4) is 0 Å². The number of aryl methyl sites for hydroxylation is 1. The van der Waals surface area contributed by atoms with E-state index in [1.54, 1.807) is 18.5 Å². The highest BCUT2D eigenvalue weighted by Gasteiger charge is 2.39. The van der Waals surface area contributed by atoms with Crippen LogP contribution in [0.25, 0.3) is 0 Å². The summed E-state index contributed by atoms with van der Waals surface area (Å²) in [7, 11) is 0.